The van der Waals surface area contributed by atoms with E-state index in [1.54, 1.807) is 24.3 Å². The average molecular weight is 407 g/mol. The van der Waals surface area contributed by atoms with Crippen LogP contribution in [0.1, 0.15) is 5.56 Å². The lowest BCUT2D eigenvalue weighted by Crippen LogP contribution is -2.66. The number of rotatable bonds is 5. The van der Waals surface area contributed by atoms with E-state index in [4.69, 9.17) is 11.6 Å². The molecular formula is C16H14ClF3N2O3S. The molecule has 10 heteroatoms. The number of benzene rings is 2. The molecule has 140 valence electrons. The van der Waals surface area contributed by atoms with Crippen LogP contribution in [0, 0.1) is 0 Å². The van der Waals surface area contributed by atoms with Crippen molar-refractivity contribution in [3.8, 4) is 5.75 Å². The molecule has 1 heterocycles. The molecule has 0 radical (unpaired) electrons. The van der Waals surface area contributed by atoms with E-state index < -0.39 is 27.7 Å². The van der Waals surface area contributed by atoms with E-state index in [0.29, 0.717) is 18.1 Å². The minimum atomic E-state index is -4.84. The van der Waals surface area contributed by atoms with Gasteiger partial charge in [-0.05, 0) is 42.0 Å². The number of halogens is 4. The van der Waals surface area contributed by atoms with E-state index >= 15 is 0 Å². The average Bonchev–Trinajstić information content (AvgIpc) is 2.51. The third kappa shape index (κ3) is 4.12. The fraction of sp³-hybridized carbons (Fsp3) is 0.250. The summed E-state index contributed by atoms with van der Waals surface area (Å²) < 4.78 is 68.3. The zero-order valence-corrected chi connectivity index (χ0v) is 14.8. The van der Waals surface area contributed by atoms with Crippen molar-refractivity contribution < 1.29 is 26.3 Å². The van der Waals surface area contributed by atoms with Crippen molar-refractivity contribution in [3.63, 3.8) is 0 Å². The highest BCUT2D eigenvalue weighted by molar-refractivity contribution is 7.89. The molecule has 0 unspecified atom stereocenters. The van der Waals surface area contributed by atoms with Gasteiger partial charge in [0.05, 0.1) is 10.4 Å². The van der Waals surface area contributed by atoms with Crippen molar-refractivity contribution in [1.82, 2.24) is 10.0 Å². The van der Waals surface area contributed by atoms with Crippen LogP contribution in [0.25, 0.3) is 0 Å². The summed E-state index contributed by atoms with van der Waals surface area (Å²) >= 11 is 5.87. The zero-order valence-electron chi connectivity index (χ0n) is 13.2. The second-order valence-electron chi connectivity index (χ2n) is 5.82. The molecule has 1 aliphatic heterocycles. The van der Waals surface area contributed by atoms with Gasteiger partial charge in [-0.15, -0.1) is 13.2 Å². The minimum Gasteiger partial charge on any atom is -0.406 e. The fourth-order valence-electron chi connectivity index (χ4n) is 2.62. The molecule has 0 spiro atoms. The molecule has 2 N–H and O–H groups in total. The van der Waals surface area contributed by atoms with E-state index in [2.05, 4.69) is 14.8 Å². The van der Waals surface area contributed by atoms with Gasteiger partial charge >= 0.3 is 6.36 Å². The van der Waals surface area contributed by atoms with Crippen LogP contribution >= 0.6 is 11.6 Å². The van der Waals surface area contributed by atoms with Crippen molar-refractivity contribution in [3.05, 3.63) is 59.1 Å². The van der Waals surface area contributed by atoms with Crippen LogP contribution in [-0.4, -0.2) is 27.9 Å². The Labute approximate surface area is 153 Å². The molecular weight excluding hydrogens is 393 g/mol. The lowest BCUT2D eigenvalue weighted by Gasteiger charge is -2.43. The number of alkyl halides is 3. The zero-order chi connectivity index (χ0) is 19.0. The molecule has 1 saturated heterocycles. The molecule has 0 saturated carbocycles. The molecule has 26 heavy (non-hydrogen) atoms. The minimum absolute atomic E-state index is 0.160. The van der Waals surface area contributed by atoms with E-state index in [0.717, 1.165) is 29.8 Å². The van der Waals surface area contributed by atoms with Crippen molar-refractivity contribution in [2.75, 3.05) is 13.1 Å². The van der Waals surface area contributed by atoms with Gasteiger partial charge in [-0.25, -0.2) is 8.42 Å². The lowest BCUT2D eigenvalue weighted by molar-refractivity contribution is -0.274. The predicted octanol–water partition coefficient (Wildman–Crippen LogP) is 3.02. The van der Waals surface area contributed by atoms with Crippen LogP contribution in [0.3, 0.4) is 0 Å². The summed E-state index contributed by atoms with van der Waals surface area (Å²) in [5, 5.41) is 3.55. The number of nitrogens with one attached hydrogen (secondary N) is 2. The molecule has 1 aliphatic rings. The molecule has 5 nitrogen and oxygen atoms in total. The van der Waals surface area contributed by atoms with Gasteiger partial charge in [0.25, 0.3) is 0 Å². The topological polar surface area (TPSA) is 67.4 Å². The number of hydrogen-bond acceptors (Lipinski definition) is 4. The Morgan fingerprint density at radius 3 is 2.08 bits per heavy atom. The monoisotopic (exact) mass is 406 g/mol. The first-order valence-electron chi connectivity index (χ1n) is 7.46. The SMILES string of the molecule is O=S(=O)(NC1(c2ccc(Cl)cc2)CNC1)c1ccc(OC(F)(F)F)cc1. The van der Waals surface area contributed by atoms with Crippen molar-refractivity contribution >= 4 is 21.6 Å². The fourth-order valence-corrected chi connectivity index (χ4v) is 4.13. The van der Waals surface area contributed by atoms with E-state index in [9.17, 15) is 21.6 Å². The lowest BCUT2D eigenvalue weighted by atomic mass is 9.85. The van der Waals surface area contributed by atoms with Crippen LogP contribution < -0.4 is 14.8 Å². The Morgan fingerprint density at radius 2 is 1.62 bits per heavy atom. The molecule has 0 bridgehead atoms. The van der Waals surface area contributed by atoms with Crippen molar-refractivity contribution in [2.24, 2.45) is 0 Å². The quantitative estimate of drug-likeness (QED) is 0.801. The third-order valence-corrected chi connectivity index (χ3v) is 5.75. The first kappa shape index (κ1) is 19.0. The van der Waals surface area contributed by atoms with E-state index in [1.807, 2.05) is 0 Å². The van der Waals surface area contributed by atoms with Crippen LogP contribution in [0.15, 0.2) is 53.4 Å². The summed E-state index contributed by atoms with van der Waals surface area (Å²) in [7, 11) is -3.96. The number of ether oxygens (including phenoxy) is 1. The van der Waals surface area contributed by atoms with Crippen LogP contribution in [0.2, 0.25) is 5.02 Å². The molecule has 2 aromatic rings. The van der Waals surface area contributed by atoms with E-state index in [-0.39, 0.29) is 4.90 Å². The summed E-state index contributed by atoms with van der Waals surface area (Å²) in [5.74, 6) is -0.492. The highest BCUT2D eigenvalue weighted by Gasteiger charge is 2.42. The Balaban J connectivity index is 1.82. The maximum absolute atomic E-state index is 12.6. The van der Waals surface area contributed by atoms with Gasteiger partial charge in [0.2, 0.25) is 10.0 Å². The van der Waals surface area contributed by atoms with E-state index in [1.165, 1.54) is 0 Å². The highest BCUT2D eigenvalue weighted by atomic mass is 35.5. The standard InChI is InChI=1S/C16H14ClF3N2O3S/c17-12-3-1-11(2-4-12)15(9-21-10-15)22-26(23,24)14-7-5-13(6-8-14)25-16(18,19)20/h1-8,21-22H,9-10H2. The highest BCUT2D eigenvalue weighted by Crippen LogP contribution is 2.30. The Bertz CT molecular complexity index is 880. The maximum atomic E-state index is 12.6. The first-order chi connectivity index (χ1) is 12.1. The van der Waals surface area contributed by atoms with Crippen molar-refractivity contribution in [2.45, 2.75) is 16.8 Å². The molecule has 3 rings (SSSR count). The number of sulfonamides is 1. The molecule has 2 aromatic carbocycles. The van der Waals surface area contributed by atoms with Crippen LogP contribution in [-0.2, 0) is 15.6 Å². The summed E-state index contributed by atoms with van der Waals surface area (Å²) in [6.07, 6.45) is -4.84. The second-order valence-corrected chi connectivity index (χ2v) is 7.94. The Hall–Kier alpha value is -1.81. The largest absolute Gasteiger partial charge is 0.573 e. The van der Waals surface area contributed by atoms with Gasteiger partial charge in [-0.1, -0.05) is 23.7 Å². The summed E-state index contributed by atoms with van der Waals surface area (Å²) in [5.41, 5.74) is -0.105. The van der Waals surface area contributed by atoms with Gasteiger partial charge in [0, 0.05) is 18.1 Å². The normalized spacial score (nSPS) is 16.8. The number of hydrogen-bond donors (Lipinski definition) is 2. The molecule has 0 atom stereocenters. The van der Waals surface area contributed by atoms with Gasteiger partial charge in [0.15, 0.2) is 0 Å². The molecule has 0 amide bonds. The maximum Gasteiger partial charge on any atom is 0.573 e. The third-order valence-electron chi connectivity index (χ3n) is 3.95. The smallest absolute Gasteiger partial charge is 0.406 e. The summed E-state index contributed by atoms with van der Waals surface area (Å²) in [4.78, 5) is -0.160. The van der Waals surface area contributed by atoms with Gasteiger partial charge < -0.3 is 10.1 Å². The van der Waals surface area contributed by atoms with Crippen LogP contribution in [0.4, 0.5) is 13.2 Å². The van der Waals surface area contributed by atoms with Gasteiger partial charge in [0.1, 0.15) is 5.75 Å². The molecule has 0 aliphatic carbocycles. The van der Waals surface area contributed by atoms with Gasteiger partial charge in [-0.3, -0.25) is 0 Å². The van der Waals surface area contributed by atoms with Crippen LogP contribution in [0.5, 0.6) is 5.75 Å². The van der Waals surface area contributed by atoms with Gasteiger partial charge in [-0.2, -0.15) is 4.72 Å². The Morgan fingerprint density at radius 1 is 1.04 bits per heavy atom. The van der Waals surface area contributed by atoms with Crippen molar-refractivity contribution in [1.29, 1.82) is 0 Å². The predicted molar refractivity (Wildman–Crippen MR) is 89.4 cm³/mol. The first-order valence-corrected chi connectivity index (χ1v) is 9.32. The Kier molecular flexibility index (Phi) is 4.91. The molecule has 0 aromatic heterocycles. The summed E-state index contributed by atoms with van der Waals surface area (Å²) in [6.45, 7) is 0.756. The summed E-state index contributed by atoms with van der Waals surface area (Å²) in [6, 6.07) is 10.8. The second kappa shape index (κ2) is 6.73. The molecule has 1 fully saturated rings.